The smallest absolute Gasteiger partial charge is 0.224 e. The molecule has 19 heavy (non-hydrogen) atoms. The quantitative estimate of drug-likeness (QED) is 0.913. The second kappa shape index (κ2) is 6.05. The van der Waals surface area contributed by atoms with Crippen molar-refractivity contribution in [2.45, 2.75) is 26.3 Å². The molecule has 106 valence electrons. The third-order valence-corrected chi connectivity index (χ3v) is 4.79. The fourth-order valence-corrected chi connectivity index (χ4v) is 3.14. The summed E-state index contributed by atoms with van der Waals surface area (Å²) in [4.78, 5) is 14.1. The van der Waals surface area contributed by atoms with Gasteiger partial charge in [0.05, 0.1) is 21.8 Å². The van der Waals surface area contributed by atoms with Gasteiger partial charge in [0, 0.05) is 27.2 Å². The fraction of sp³-hybridized carbons (Fsp3) is 0.692. The Labute approximate surface area is 122 Å². The molecule has 1 aromatic heterocycles. The highest BCUT2D eigenvalue weighted by molar-refractivity contribution is 9.10. The first-order valence-electron chi connectivity index (χ1n) is 6.64. The molecule has 6 heteroatoms. The van der Waals surface area contributed by atoms with E-state index in [2.05, 4.69) is 31.2 Å². The van der Waals surface area contributed by atoms with E-state index < -0.39 is 0 Å². The molecule has 1 fully saturated rings. The van der Waals surface area contributed by atoms with Crippen LogP contribution in [0.3, 0.4) is 0 Å². The minimum Gasteiger partial charge on any atom is -0.359 e. The minimum atomic E-state index is 0.117. The summed E-state index contributed by atoms with van der Waals surface area (Å²) in [6, 6.07) is 0. The number of piperidine rings is 1. The van der Waals surface area contributed by atoms with E-state index in [0.29, 0.717) is 0 Å². The number of likely N-dealkylation sites (tertiary alicyclic amines) is 1. The molecule has 1 saturated heterocycles. The standard InChI is InChI=1S/C13H21BrN4O/c1-9-12(14)11(17(3)16-9)8-18-6-4-5-10(7-18)13(19)15-2/h10H,4-8H2,1-3H3,(H,15,19). The van der Waals surface area contributed by atoms with Gasteiger partial charge in [0.15, 0.2) is 0 Å². The molecule has 1 N–H and O–H groups in total. The predicted molar refractivity (Wildman–Crippen MR) is 77.7 cm³/mol. The molecule has 1 aliphatic heterocycles. The fourth-order valence-electron chi connectivity index (χ4n) is 2.68. The van der Waals surface area contributed by atoms with Crippen LogP contribution in [0.2, 0.25) is 0 Å². The average Bonchev–Trinajstić information content (AvgIpc) is 2.65. The number of carbonyl (C=O) groups is 1. The lowest BCUT2D eigenvalue weighted by molar-refractivity contribution is -0.126. The van der Waals surface area contributed by atoms with Crippen LogP contribution in [0.15, 0.2) is 4.47 Å². The van der Waals surface area contributed by atoms with Crippen molar-refractivity contribution in [3.63, 3.8) is 0 Å². The van der Waals surface area contributed by atoms with E-state index >= 15 is 0 Å². The van der Waals surface area contributed by atoms with Crippen molar-refractivity contribution in [3.05, 3.63) is 15.9 Å². The van der Waals surface area contributed by atoms with Crippen LogP contribution in [0.25, 0.3) is 0 Å². The number of amides is 1. The Morgan fingerprint density at radius 3 is 2.89 bits per heavy atom. The predicted octanol–water partition coefficient (Wildman–Crippen LogP) is 1.45. The van der Waals surface area contributed by atoms with Crippen LogP contribution in [0.4, 0.5) is 0 Å². The van der Waals surface area contributed by atoms with E-state index in [9.17, 15) is 4.79 Å². The topological polar surface area (TPSA) is 50.2 Å². The van der Waals surface area contributed by atoms with Crippen LogP contribution in [-0.2, 0) is 18.4 Å². The maximum atomic E-state index is 11.7. The third kappa shape index (κ3) is 3.17. The van der Waals surface area contributed by atoms with Crippen LogP contribution in [-0.4, -0.2) is 40.7 Å². The van der Waals surface area contributed by atoms with E-state index in [1.165, 1.54) is 5.69 Å². The maximum absolute atomic E-state index is 11.7. The maximum Gasteiger partial charge on any atom is 0.224 e. The molecule has 2 rings (SSSR count). The number of aryl methyl sites for hydroxylation is 2. The normalized spacial score (nSPS) is 20.5. The van der Waals surface area contributed by atoms with Crippen LogP contribution in [0, 0.1) is 12.8 Å². The van der Waals surface area contributed by atoms with E-state index in [-0.39, 0.29) is 11.8 Å². The zero-order chi connectivity index (χ0) is 14.0. The summed E-state index contributed by atoms with van der Waals surface area (Å²) in [5.74, 6) is 0.275. The Morgan fingerprint density at radius 1 is 1.58 bits per heavy atom. The Balaban J connectivity index is 2.04. The summed E-state index contributed by atoms with van der Waals surface area (Å²) in [5.41, 5.74) is 2.19. The first kappa shape index (κ1) is 14.5. The Kier molecular flexibility index (Phi) is 4.62. The Hall–Kier alpha value is -0.880. The van der Waals surface area contributed by atoms with Crippen molar-refractivity contribution >= 4 is 21.8 Å². The summed E-state index contributed by atoms with van der Waals surface area (Å²) < 4.78 is 3.00. The number of nitrogens with zero attached hydrogens (tertiary/aromatic N) is 3. The van der Waals surface area contributed by atoms with E-state index in [4.69, 9.17) is 0 Å². The lowest BCUT2D eigenvalue weighted by Crippen LogP contribution is -2.42. The highest BCUT2D eigenvalue weighted by atomic mass is 79.9. The van der Waals surface area contributed by atoms with Gasteiger partial charge in [-0.05, 0) is 42.2 Å². The average molecular weight is 329 g/mol. The first-order valence-corrected chi connectivity index (χ1v) is 7.44. The summed E-state index contributed by atoms with van der Waals surface area (Å²) in [5, 5.41) is 7.16. The van der Waals surface area contributed by atoms with Gasteiger partial charge in [0.2, 0.25) is 5.91 Å². The van der Waals surface area contributed by atoms with Gasteiger partial charge in [-0.2, -0.15) is 5.10 Å². The van der Waals surface area contributed by atoms with Gasteiger partial charge in [0.25, 0.3) is 0 Å². The number of carbonyl (C=O) groups excluding carboxylic acids is 1. The van der Waals surface area contributed by atoms with Gasteiger partial charge >= 0.3 is 0 Å². The number of rotatable bonds is 3. The number of nitrogens with one attached hydrogen (secondary N) is 1. The van der Waals surface area contributed by atoms with Crippen molar-refractivity contribution in [1.82, 2.24) is 20.0 Å². The summed E-state index contributed by atoms with van der Waals surface area (Å²) in [6.07, 6.45) is 2.06. The van der Waals surface area contributed by atoms with Crippen LogP contribution >= 0.6 is 15.9 Å². The SMILES string of the molecule is CNC(=O)C1CCCN(Cc2c(Br)c(C)nn2C)C1. The van der Waals surface area contributed by atoms with E-state index in [1.807, 2.05) is 18.7 Å². The second-order valence-corrected chi connectivity index (χ2v) is 5.95. The molecule has 5 nitrogen and oxygen atoms in total. The van der Waals surface area contributed by atoms with Crippen LogP contribution < -0.4 is 5.32 Å². The molecule has 0 saturated carbocycles. The van der Waals surface area contributed by atoms with E-state index in [0.717, 1.165) is 42.6 Å². The van der Waals surface area contributed by atoms with Crippen molar-refractivity contribution in [3.8, 4) is 0 Å². The highest BCUT2D eigenvalue weighted by Gasteiger charge is 2.26. The molecule has 1 amide bonds. The number of halogens is 1. The molecule has 0 aromatic carbocycles. The Bertz CT molecular complexity index is 471. The van der Waals surface area contributed by atoms with E-state index in [1.54, 1.807) is 7.05 Å². The molecule has 1 atom stereocenters. The minimum absolute atomic E-state index is 0.117. The molecule has 1 aliphatic rings. The van der Waals surface area contributed by atoms with Gasteiger partial charge in [-0.25, -0.2) is 0 Å². The molecular weight excluding hydrogens is 308 g/mol. The molecule has 0 spiro atoms. The van der Waals surface area contributed by atoms with Crippen molar-refractivity contribution in [2.75, 3.05) is 20.1 Å². The molecule has 1 aromatic rings. The summed E-state index contributed by atoms with van der Waals surface area (Å²) in [7, 11) is 3.68. The molecule has 0 aliphatic carbocycles. The van der Waals surface area contributed by atoms with Gasteiger partial charge in [0.1, 0.15) is 0 Å². The molecular formula is C13H21BrN4O. The Morgan fingerprint density at radius 2 is 2.32 bits per heavy atom. The summed E-state index contributed by atoms with van der Waals surface area (Å²) in [6.45, 7) is 4.71. The molecule has 1 unspecified atom stereocenters. The second-order valence-electron chi connectivity index (χ2n) is 5.16. The van der Waals surface area contributed by atoms with Crippen LogP contribution in [0.5, 0.6) is 0 Å². The molecule has 0 radical (unpaired) electrons. The van der Waals surface area contributed by atoms with Crippen molar-refractivity contribution < 1.29 is 4.79 Å². The highest BCUT2D eigenvalue weighted by Crippen LogP contribution is 2.24. The zero-order valence-corrected chi connectivity index (χ0v) is 13.3. The number of aromatic nitrogens is 2. The van der Waals surface area contributed by atoms with Gasteiger partial charge in [-0.1, -0.05) is 0 Å². The van der Waals surface area contributed by atoms with Gasteiger partial charge < -0.3 is 5.32 Å². The molecule has 2 heterocycles. The van der Waals surface area contributed by atoms with Crippen molar-refractivity contribution in [1.29, 1.82) is 0 Å². The number of hydrogen-bond acceptors (Lipinski definition) is 3. The van der Waals surface area contributed by atoms with Gasteiger partial charge in [-0.3, -0.25) is 14.4 Å². The first-order chi connectivity index (χ1) is 9.02. The lowest BCUT2D eigenvalue weighted by Gasteiger charge is -2.31. The van der Waals surface area contributed by atoms with Crippen LogP contribution in [0.1, 0.15) is 24.2 Å². The van der Waals surface area contributed by atoms with Gasteiger partial charge in [-0.15, -0.1) is 0 Å². The monoisotopic (exact) mass is 328 g/mol. The lowest BCUT2D eigenvalue weighted by atomic mass is 9.97. The molecule has 0 bridgehead atoms. The summed E-state index contributed by atoms with van der Waals surface area (Å²) >= 11 is 3.60. The largest absolute Gasteiger partial charge is 0.359 e. The van der Waals surface area contributed by atoms with Crippen molar-refractivity contribution in [2.24, 2.45) is 13.0 Å². The zero-order valence-electron chi connectivity index (χ0n) is 11.7. The number of hydrogen-bond donors (Lipinski definition) is 1. The third-order valence-electron chi connectivity index (χ3n) is 3.76.